The number of Topliss-reactive ketones (excluding diaryl/α,β-unsaturated/α-hetero) is 1. The Kier molecular flexibility index (Phi) is 3.60. The third kappa shape index (κ3) is 2.37. The molecule has 6 heteroatoms. The molecule has 0 radical (unpaired) electrons. The molecule has 0 bridgehead atoms. The van der Waals surface area contributed by atoms with Crippen molar-refractivity contribution < 1.29 is 14.3 Å². The predicted octanol–water partition coefficient (Wildman–Crippen LogP) is 2.37. The van der Waals surface area contributed by atoms with E-state index in [4.69, 9.17) is 4.74 Å². The molecule has 1 atom stereocenters. The van der Waals surface area contributed by atoms with E-state index in [9.17, 15) is 9.59 Å². The number of pyridine rings is 1. The van der Waals surface area contributed by atoms with Gasteiger partial charge in [-0.2, -0.15) is 0 Å². The van der Waals surface area contributed by atoms with Crippen LogP contribution >= 0.6 is 0 Å². The van der Waals surface area contributed by atoms with E-state index in [-0.39, 0.29) is 5.78 Å². The number of amides is 1. The molecule has 3 heterocycles. The first-order valence-electron chi connectivity index (χ1n) is 7.12. The average Bonchev–Trinajstić information content (AvgIpc) is 3.14. The molecule has 110 valence electrons. The van der Waals surface area contributed by atoms with E-state index < -0.39 is 12.1 Å². The number of likely N-dealkylation sites (tertiary alicyclic amines) is 1. The molecule has 1 saturated heterocycles. The van der Waals surface area contributed by atoms with Gasteiger partial charge in [-0.1, -0.05) is 0 Å². The zero-order chi connectivity index (χ0) is 14.8. The topological polar surface area (TPSA) is 75.3 Å². The van der Waals surface area contributed by atoms with Crippen molar-refractivity contribution in [1.82, 2.24) is 14.9 Å². The maximum Gasteiger partial charge on any atom is 0.410 e. The van der Waals surface area contributed by atoms with Crippen molar-refractivity contribution in [2.75, 3.05) is 13.2 Å². The van der Waals surface area contributed by atoms with Gasteiger partial charge in [-0.3, -0.25) is 14.7 Å². The summed E-state index contributed by atoms with van der Waals surface area (Å²) in [5.74, 6) is -0.0782. The van der Waals surface area contributed by atoms with Crippen molar-refractivity contribution in [1.29, 1.82) is 0 Å². The molecular formula is C15H17N3O3. The standard InChI is InChI=1S/C15H17N3O3/c1-2-21-15(20)18-8-4-6-12(18)14(19)10-9-17-11-5-3-7-16-13(10)11/h3,5,7,9,12,17H,2,4,6,8H2,1H3/t12-/m0/s1. The number of carbonyl (C=O) groups excluding carboxylic acids is 2. The minimum absolute atomic E-state index is 0.0782. The minimum atomic E-state index is -0.454. The molecule has 0 spiro atoms. The lowest BCUT2D eigenvalue weighted by atomic mass is 10.0. The normalized spacial score (nSPS) is 18.1. The predicted molar refractivity (Wildman–Crippen MR) is 77.2 cm³/mol. The number of fused-ring (bicyclic) bond motifs is 1. The molecule has 0 aliphatic carbocycles. The van der Waals surface area contributed by atoms with Gasteiger partial charge in [0, 0.05) is 18.9 Å². The zero-order valence-corrected chi connectivity index (χ0v) is 11.8. The van der Waals surface area contributed by atoms with Gasteiger partial charge in [0.1, 0.15) is 0 Å². The Labute approximate surface area is 122 Å². The first-order valence-corrected chi connectivity index (χ1v) is 7.12. The molecule has 3 rings (SSSR count). The van der Waals surface area contributed by atoms with Crippen LogP contribution in [0.2, 0.25) is 0 Å². The highest BCUT2D eigenvalue weighted by Gasteiger charge is 2.36. The Morgan fingerprint density at radius 2 is 2.38 bits per heavy atom. The van der Waals surface area contributed by atoms with Crippen LogP contribution in [0.1, 0.15) is 30.1 Å². The maximum absolute atomic E-state index is 12.7. The summed E-state index contributed by atoms with van der Waals surface area (Å²) >= 11 is 0. The Balaban J connectivity index is 1.89. The molecule has 0 aromatic carbocycles. The van der Waals surface area contributed by atoms with Crippen LogP contribution in [0.3, 0.4) is 0 Å². The van der Waals surface area contributed by atoms with Crippen LogP contribution in [0.4, 0.5) is 4.79 Å². The summed E-state index contributed by atoms with van der Waals surface area (Å²) in [4.78, 5) is 33.5. The summed E-state index contributed by atoms with van der Waals surface area (Å²) in [5, 5.41) is 0. The second kappa shape index (κ2) is 5.55. The fourth-order valence-corrected chi connectivity index (χ4v) is 2.79. The number of H-pyrrole nitrogens is 1. The first kappa shape index (κ1) is 13.6. The molecule has 6 nitrogen and oxygen atoms in total. The van der Waals surface area contributed by atoms with E-state index in [0.717, 1.165) is 11.9 Å². The Bertz CT molecular complexity index is 680. The second-order valence-corrected chi connectivity index (χ2v) is 5.02. The fourth-order valence-electron chi connectivity index (χ4n) is 2.79. The lowest BCUT2D eigenvalue weighted by Gasteiger charge is -2.22. The van der Waals surface area contributed by atoms with Gasteiger partial charge in [-0.25, -0.2) is 4.79 Å². The molecule has 0 saturated carbocycles. The molecule has 1 N–H and O–H groups in total. The molecule has 2 aromatic rings. The molecule has 0 unspecified atom stereocenters. The third-order valence-electron chi connectivity index (χ3n) is 3.76. The van der Waals surface area contributed by atoms with Crippen LogP contribution in [0.15, 0.2) is 24.5 Å². The van der Waals surface area contributed by atoms with Crippen LogP contribution in [-0.4, -0.2) is 45.9 Å². The monoisotopic (exact) mass is 287 g/mol. The summed E-state index contributed by atoms with van der Waals surface area (Å²) in [6.45, 7) is 2.63. The Morgan fingerprint density at radius 1 is 1.52 bits per heavy atom. The zero-order valence-electron chi connectivity index (χ0n) is 11.8. The molecule has 1 aliphatic rings. The van der Waals surface area contributed by atoms with Gasteiger partial charge in [0.15, 0.2) is 5.78 Å². The van der Waals surface area contributed by atoms with Crippen molar-refractivity contribution in [3.8, 4) is 0 Å². The van der Waals surface area contributed by atoms with Gasteiger partial charge in [0.25, 0.3) is 0 Å². The van der Waals surface area contributed by atoms with Crippen molar-refractivity contribution in [2.45, 2.75) is 25.8 Å². The van der Waals surface area contributed by atoms with Gasteiger partial charge in [-0.05, 0) is 31.9 Å². The van der Waals surface area contributed by atoms with Crippen molar-refractivity contribution in [3.63, 3.8) is 0 Å². The number of carbonyl (C=O) groups is 2. The Hall–Kier alpha value is -2.37. The van der Waals surface area contributed by atoms with Crippen molar-refractivity contribution in [2.24, 2.45) is 0 Å². The molecule has 1 aliphatic heterocycles. The van der Waals surface area contributed by atoms with E-state index in [1.807, 2.05) is 12.1 Å². The number of nitrogens with one attached hydrogen (secondary N) is 1. The molecule has 2 aromatic heterocycles. The first-order chi connectivity index (χ1) is 10.2. The molecule has 21 heavy (non-hydrogen) atoms. The number of aromatic nitrogens is 2. The summed E-state index contributed by atoms with van der Waals surface area (Å²) in [7, 11) is 0. The van der Waals surface area contributed by atoms with Crippen LogP contribution < -0.4 is 0 Å². The summed E-state index contributed by atoms with van der Waals surface area (Å²) in [6.07, 6.45) is 4.38. The molecule has 1 fully saturated rings. The smallest absolute Gasteiger partial charge is 0.410 e. The van der Waals surface area contributed by atoms with Crippen molar-refractivity contribution >= 4 is 22.9 Å². The van der Waals surface area contributed by atoms with Crippen LogP contribution in [0, 0.1) is 0 Å². The van der Waals surface area contributed by atoms with Gasteiger partial charge < -0.3 is 9.72 Å². The lowest BCUT2D eigenvalue weighted by molar-refractivity contribution is 0.0776. The van der Waals surface area contributed by atoms with Gasteiger partial charge in [0.05, 0.1) is 29.2 Å². The quantitative estimate of drug-likeness (QED) is 0.879. The summed E-state index contributed by atoms with van der Waals surface area (Å²) in [5.41, 5.74) is 2.01. The molecule has 1 amide bonds. The highest BCUT2D eigenvalue weighted by Crippen LogP contribution is 2.25. The highest BCUT2D eigenvalue weighted by atomic mass is 16.6. The van der Waals surface area contributed by atoms with E-state index in [0.29, 0.717) is 30.7 Å². The number of ether oxygens (including phenoxy) is 1. The van der Waals surface area contributed by atoms with Gasteiger partial charge >= 0.3 is 6.09 Å². The van der Waals surface area contributed by atoms with Gasteiger partial charge in [0.2, 0.25) is 0 Å². The Morgan fingerprint density at radius 3 is 3.19 bits per heavy atom. The number of nitrogens with zero attached hydrogens (tertiary/aromatic N) is 2. The van der Waals surface area contributed by atoms with E-state index in [2.05, 4.69) is 9.97 Å². The van der Waals surface area contributed by atoms with Crippen LogP contribution in [-0.2, 0) is 4.74 Å². The largest absolute Gasteiger partial charge is 0.450 e. The SMILES string of the molecule is CCOC(=O)N1CCC[C@H]1C(=O)c1c[nH]c2cccnc12. The van der Waals surface area contributed by atoms with Gasteiger partial charge in [-0.15, -0.1) is 0 Å². The van der Waals surface area contributed by atoms with Crippen LogP contribution in [0.25, 0.3) is 11.0 Å². The minimum Gasteiger partial charge on any atom is -0.450 e. The lowest BCUT2D eigenvalue weighted by Crippen LogP contribution is -2.40. The van der Waals surface area contributed by atoms with E-state index >= 15 is 0 Å². The van der Waals surface area contributed by atoms with E-state index in [1.54, 1.807) is 19.3 Å². The maximum atomic E-state index is 12.7. The number of hydrogen-bond acceptors (Lipinski definition) is 4. The highest BCUT2D eigenvalue weighted by molar-refractivity contribution is 6.09. The summed E-state index contributed by atoms with van der Waals surface area (Å²) in [6, 6.07) is 3.23. The molecular weight excluding hydrogens is 270 g/mol. The fraction of sp³-hybridized carbons (Fsp3) is 0.400. The number of hydrogen-bond donors (Lipinski definition) is 1. The second-order valence-electron chi connectivity index (χ2n) is 5.02. The van der Waals surface area contributed by atoms with Crippen LogP contribution in [0.5, 0.6) is 0 Å². The summed E-state index contributed by atoms with van der Waals surface area (Å²) < 4.78 is 5.02. The number of rotatable bonds is 3. The average molecular weight is 287 g/mol. The third-order valence-corrected chi connectivity index (χ3v) is 3.76. The van der Waals surface area contributed by atoms with E-state index in [1.165, 1.54) is 4.90 Å². The number of aromatic amines is 1. The number of ketones is 1. The van der Waals surface area contributed by atoms with Crippen molar-refractivity contribution in [3.05, 3.63) is 30.1 Å².